The summed E-state index contributed by atoms with van der Waals surface area (Å²) in [4.78, 5) is 8.23. The Kier molecular flexibility index (Phi) is 5.29. The highest BCUT2D eigenvalue weighted by Crippen LogP contribution is 2.19. The van der Waals surface area contributed by atoms with Gasteiger partial charge in [0.1, 0.15) is 11.9 Å². The molecule has 0 bridgehead atoms. The molecule has 4 aromatic rings. The summed E-state index contributed by atoms with van der Waals surface area (Å²) in [6.07, 6.45) is 13.1. The van der Waals surface area contributed by atoms with Crippen molar-refractivity contribution >= 4 is 0 Å². The Hall–Kier alpha value is -3.34. The fraction of sp³-hybridized carbons (Fsp3) is 0.182. The molecule has 0 aliphatic heterocycles. The molecule has 1 atom stereocenters. The summed E-state index contributed by atoms with van der Waals surface area (Å²) in [6, 6.07) is 18.6. The Balaban J connectivity index is 1.44. The lowest BCUT2D eigenvalue weighted by atomic mass is 10.1. The van der Waals surface area contributed by atoms with Crippen LogP contribution in [0.1, 0.15) is 12.0 Å². The molecule has 0 aliphatic carbocycles. The maximum atomic E-state index is 6.31. The van der Waals surface area contributed by atoms with E-state index in [1.165, 1.54) is 5.56 Å². The molecule has 2 heterocycles. The lowest BCUT2D eigenvalue weighted by Gasteiger charge is -2.20. The number of imidazole rings is 2. The fourth-order valence-corrected chi connectivity index (χ4v) is 3.09. The lowest BCUT2D eigenvalue weighted by Crippen LogP contribution is -2.23. The van der Waals surface area contributed by atoms with Crippen LogP contribution in [0.3, 0.4) is 0 Å². The van der Waals surface area contributed by atoms with Crippen LogP contribution in [0.4, 0.5) is 0 Å². The van der Waals surface area contributed by atoms with Gasteiger partial charge in [0.2, 0.25) is 0 Å². The van der Waals surface area contributed by atoms with Crippen LogP contribution in [0, 0.1) is 0 Å². The summed E-state index contributed by atoms with van der Waals surface area (Å²) in [5.41, 5.74) is 2.39. The minimum Gasteiger partial charge on any atom is -0.489 e. The number of ether oxygens (including phenoxy) is 1. The van der Waals surface area contributed by atoms with E-state index in [4.69, 9.17) is 4.74 Å². The Morgan fingerprint density at radius 1 is 0.852 bits per heavy atom. The Morgan fingerprint density at radius 2 is 1.63 bits per heavy atom. The topological polar surface area (TPSA) is 44.9 Å². The fourth-order valence-electron chi connectivity index (χ4n) is 3.09. The van der Waals surface area contributed by atoms with Gasteiger partial charge in [-0.2, -0.15) is 0 Å². The summed E-state index contributed by atoms with van der Waals surface area (Å²) in [6.45, 7) is 0.774. The van der Waals surface area contributed by atoms with E-state index in [0.29, 0.717) is 0 Å². The standard InChI is InChI=1S/C22H22N4O/c1-2-4-19(5-3-1)6-9-22(16-25-14-12-23-17-25)27-21-10-7-20(8-11-21)26-15-13-24-18-26/h1-5,7-8,10-15,17-18,22H,6,9,16H2. The molecule has 27 heavy (non-hydrogen) atoms. The van der Waals surface area contributed by atoms with Gasteiger partial charge in [0, 0.05) is 30.5 Å². The smallest absolute Gasteiger partial charge is 0.119 e. The third kappa shape index (κ3) is 4.64. The minimum atomic E-state index is 0.0681. The SMILES string of the molecule is c1ccc(CCC(Cn2ccnc2)Oc2ccc(-n3ccnc3)cc2)cc1. The average molecular weight is 358 g/mol. The molecule has 136 valence electrons. The first-order valence-corrected chi connectivity index (χ1v) is 9.11. The van der Waals surface area contributed by atoms with E-state index < -0.39 is 0 Å². The molecule has 0 fully saturated rings. The van der Waals surface area contributed by atoms with E-state index in [-0.39, 0.29) is 6.10 Å². The predicted molar refractivity (Wildman–Crippen MR) is 105 cm³/mol. The average Bonchev–Trinajstić information content (AvgIpc) is 3.42. The van der Waals surface area contributed by atoms with Gasteiger partial charge in [-0.15, -0.1) is 0 Å². The van der Waals surface area contributed by atoms with Crippen LogP contribution in [0.15, 0.2) is 92.0 Å². The normalized spacial score (nSPS) is 12.0. The number of rotatable bonds is 8. The highest BCUT2D eigenvalue weighted by atomic mass is 16.5. The number of benzene rings is 2. The van der Waals surface area contributed by atoms with E-state index in [2.05, 4.69) is 38.8 Å². The Morgan fingerprint density at radius 3 is 2.33 bits per heavy atom. The summed E-state index contributed by atoms with van der Waals surface area (Å²) >= 11 is 0. The maximum Gasteiger partial charge on any atom is 0.119 e. The van der Waals surface area contributed by atoms with Gasteiger partial charge in [-0.25, -0.2) is 9.97 Å². The second-order valence-electron chi connectivity index (χ2n) is 6.49. The summed E-state index contributed by atoms with van der Waals surface area (Å²) in [5, 5.41) is 0. The molecule has 0 saturated carbocycles. The number of hydrogen-bond acceptors (Lipinski definition) is 3. The van der Waals surface area contributed by atoms with Gasteiger partial charge < -0.3 is 13.9 Å². The van der Waals surface area contributed by atoms with E-state index in [1.54, 1.807) is 18.7 Å². The van der Waals surface area contributed by atoms with Crippen LogP contribution in [0.25, 0.3) is 5.69 Å². The van der Waals surface area contributed by atoms with Gasteiger partial charge in [0.15, 0.2) is 0 Å². The van der Waals surface area contributed by atoms with E-state index in [1.807, 2.05) is 53.6 Å². The second-order valence-corrected chi connectivity index (χ2v) is 6.49. The maximum absolute atomic E-state index is 6.31. The van der Waals surface area contributed by atoms with Gasteiger partial charge in [0.25, 0.3) is 0 Å². The third-order valence-electron chi connectivity index (χ3n) is 4.51. The molecular formula is C22H22N4O. The number of nitrogens with zero attached hydrogens (tertiary/aromatic N) is 4. The molecule has 2 aromatic carbocycles. The highest BCUT2D eigenvalue weighted by Gasteiger charge is 2.12. The summed E-state index contributed by atoms with van der Waals surface area (Å²) in [5.74, 6) is 0.872. The van der Waals surface area contributed by atoms with Crippen molar-refractivity contribution in [2.75, 3.05) is 0 Å². The number of aryl methyl sites for hydroxylation is 1. The predicted octanol–water partition coefficient (Wildman–Crippen LogP) is 4.15. The quantitative estimate of drug-likeness (QED) is 0.475. The zero-order valence-electron chi connectivity index (χ0n) is 15.1. The van der Waals surface area contributed by atoms with Crippen molar-refractivity contribution in [3.8, 4) is 11.4 Å². The molecule has 1 unspecified atom stereocenters. The van der Waals surface area contributed by atoms with Crippen molar-refractivity contribution < 1.29 is 4.74 Å². The zero-order valence-corrected chi connectivity index (χ0v) is 15.1. The van der Waals surface area contributed by atoms with Crippen molar-refractivity contribution in [1.29, 1.82) is 0 Å². The monoisotopic (exact) mass is 358 g/mol. The largest absolute Gasteiger partial charge is 0.489 e. The van der Waals surface area contributed by atoms with Crippen LogP contribution in [-0.2, 0) is 13.0 Å². The molecule has 2 aromatic heterocycles. The summed E-state index contributed by atoms with van der Waals surface area (Å²) in [7, 11) is 0. The van der Waals surface area contributed by atoms with Crippen molar-refractivity contribution in [1.82, 2.24) is 19.1 Å². The Labute approximate surface area is 158 Å². The lowest BCUT2D eigenvalue weighted by molar-refractivity contribution is 0.170. The van der Waals surface area contributed by atoms with Crippen LogP contribution in [-0.4, -0.2) is 25.2 Å². The summed E-state index contributed by atoms with van der Waals surface area (Å²) < 4.78 is 10.3. The molecule has 5 nitrogen and oxygen atoms in total. The van der Waals surface area contributed by atoms with Crippen molar-refractivity contribution in [3.05, 3.63) is 97.6 Å². The van der Waals surface area contributed by atoms with Crippen molar-refractivity contribution in [2.24, 2.45) is 0 Å². The first-order valence-electron chi connectivity index (χ1n) is 9.11. The van der Waals surface area contributed by atoms with Gasteiger partial charge >= 0.3 is 0 Å². The third-order valence-corrected chi connectivity index (χ3v) is 4.51. The first-order chi connectivity index (χ1) is 13.4. The molecule has 0 radical (unpaired) electrons. The number of hydrogen-bond donors (Lipinski definition) is 0. The second kappa shape index (κ2) is 8.36. The highest BCUT2D eigenvalue weighted by molar-refractivity contribution is 5.37. The molecule has 0 N–H and O–H groups in total. The van der Waals surface area contributed by atoms with Crippen LogP contribution in [0.5, 0.6) is 5.75 Å². The van der Waals surface area contributed by atoms with Gasteiger partial charge in [-0.3, -0.25) is 0 Å². The van der Waals surface area contributed by atoms with Crippen molar-refractivity contribution in [3.63, 3.8) is 0 Å². The van der Waals surface area contributed by atoms with Crippen molar-refractivity contribution in [2.45, 2.75) is 25.5 Å². The van der Waals surface area contributed by atoms with Gasteiger partial charge in [-0.05, 0) is 42.7 Å². The molecule has 5 heteroatoms. The Bertz CT molecular complexity index is 916. The molecule has 0 spiro atoms. The van der Waals surface area contributed by atoms with E-state index in [9.17, 15) is 0 Å². The molecule has 0 amide bonds. The van der Waals surface area contributed by atoms with Crippen LogP contribution >= 0.6 is 0 Å². The molecule has 0 aliphatic rings. The van der Waals surface area contributed by atoms with Gasteiger partial charge in [0.05, 0.1) is 19.2 Å². The molecular weight excluding hydrogens is 336 g/mol. The van der Waals surface area contributed by atoms with E-state index in [0.717, 1.165) is 30.8 Å². The molecule has 4 rings (SSSR count). The van der Waals surface area contributed by atoms with Crippen LogP contribution < -0.4 is 4.74 Å². The number of aromatic nitrogens is 4. The van der Waals surface area contributed by atoms with Crippen LogP contribution in [0.2, 0.25) is 0 Å². The molecule has 0 saturated heterocycles. The zero-order chi connectivity index (χ0) is 18.3. The minimum absolute atomic E-state index is 0.0681. The van der Waals surface area contributed by atoms with Gasteiger partial charge in [-0.1, -0.05) is 30.3 Å². The van der Waals surface area contributed by atoms with E-state index >= 15 is 0 Å². The first kappa shape index (κ1) is 17.1.